The van der Waals surface area contributed by atoms with Crippen LogP contribution in [0.15, 0.2) is 24.3 Å². The average molecular weight is 242 g/mol. The highest BCUT2D eigenvalue weighted by Crippen LogP contribution is 2.19. The molecule has 0 saturated carbocycles. The predicted octanol–water partition coefficient (Wildman–Crippen LogP) is 2.58. The van der Waals surface area contributed by atoms with Crippen LogP contribution in [-0.2, 0) is 0 Å². The van der Waals surface area contributed by atoms with E-state index in [1.165, 1.54) is 0 Å². The fraction of sp³-hybridized carbons (Fsp3) is 0.364. The number of hydrogen-bond acceptors (Lipinski definition) is 2. The van der Waals surface area contributed by atoms with Gasteiger partial charge in [0, 0.05) is 11.8 Å². The summed E-state index contributed by atoms with van der Waals surface area (Å²) in [6.45, 7) is 0. The largest absolute Gasteiger partial charge is 0.348 e. The highest BCUT2D eigenvalue weighted by atomic mass is 35.5. The molecule has 1 atom stereocenters. The summed E-state index contributed by atoms with van der Waals surface area (Å²) in [6, 6.07) is 7.44. The molecule has 1 aliphatic rings. The van der Waals surface area contributed by atoms with Crippen molar-refractivity contribution in [1.82, 2.24) is 5.32 Å². The molecule has 0 radical (unpaired) electrons. The number of amides is 1. The van der Waals surface area contributed by atoms with Gasteiger partial charge in [-0.1, -0.05) is 23.7 Å². The second-order valence-corrected chi connectivity index (χ2v) is 5.07. The van der Waals surface area contributed by atoms with Crippen molar-refractivity contribution in [3.8, 4) is 0 Å². The van der Waals surface area contributed by atoms with Crippen molar-refractivity contribution < 1.29 is 4.79 Å². The van der Waals surface area contributed by atoms with Gasteiger partial charge < -0.3 is 5.32 Å². The summed E-state index contributed by atoms with van der Waals surface area (Å²) in [5.74, 6) is 2.08. The normalized spacial score (nSPS) is 20.2. The van der Waals surface area contributed by atoms with Gasteiger partial charge in [0.1, 0.15) is 0 Å². The Kier molecular flexibility index (Phi) is 3.54. The molecule has 1 aromatic carbocycles. The third-order valence-electron chi connectivity index (χ3n) is 2.38. The van der Waals surface area contributed by atoms with Gasteiger partial charge in [-0.3, -0.25) is 4.79 Å². The molecule has 2 rings (SSSR count). The summed E-state index contributed by atoms with van der Waals surface area (Å²) < 4.78 is 0. The minimum absolute atomic E-state index is 0.0619. The molecular weight excluding hydrogens is 230 g/mol. The first-order valence-corrected chi connectivity index (χ1v) is 6.44. The Labute approximate surface area is 98.4 Å². The minimum Gasteiger partial charge on any atom is -0.348 e. The fourth-order valence-corrected chi connectivity index (χ4v) is 2.93. The van der Waals surface area contributed by atoms with Crippen LogP contribution in [0.5, 0.6) is 0 Å². The minimum atomic E-state index is -0.0619. The molecule has 2 nitrogen and oxygen atoms in total. The zero-order chi connectivity index (χ0) is 10.7. The number of hydrogen-bond donors (Lipinski definition) is 1. The molecule has 1 heterocycles. The number of carbonyl (C=O) groups excluding carboxylic acids is 1. The van der Waals surface area contributed by atoms with E-state index in [2.05, 4.69) is 5.32 Å². The Morgan fingerprint density at radius 3 is 2.93 bits per heavy atom. The maximum absolute atomic E-state index is 11.8. The lowest BCUT2D eigenvalue weighted by atomic mass is 10.2. The first kappa shape index (κ1) is 10.8. The van der Waals surface area contributed by atoms with Gasteiger partial charge in [0.15, 0.2) is 0 Å². The van der Waals surface area contributed by atoms with Crippen LogP contribution in [0.25, 0.3) is 0 Å². The van der Waals surface area contributed by atoms with Crippen LogP contribution in [0.3, 0.4) is 0 Å². The zero-order valence-corrected chi connectivity index (χ0v) is 9.77. The maximum Gasteiger partial charge on any atom is 0.253 e. The molecule has 0 aliphatic carbocycles. The summed E-state index contributed by atoms with van der Waals surface area (Å²) >= 11 is 7.81. The molecule has 4 heteroatoms. The molecule has 0 bridgehead atoms. The number of rotatable bonds is 2. The quantitative estimate of drug-likeness (QED) is 0.862. The summed E-state index contributed by atoms with van der Waals surface area (Å²) in [5.41, 5.74) is 0.566. The summed E-state index contributed by atoms with van der Waals surface area (Å²) in [5, 5.41) is 3.51. The van der Waals surface area contributed by atoms with Crippen molar-refractivity contribution in [2.24, 2.45) is 0 Å². The van der Waals surface area contributed by atoms with Crippen LogP contribution >= 0.6 is 23.4 Å². The van der Waals surface area contributed by atoms with Crippen LogP contribution in [0.4, 0.5) is 0 Å². The van der Waals surface area contributed by atoms with Crippen LogP contribution in [0.2, 0.25) is 5.02 Å². The standard InChI is InChI=1S/C11H12ClNOS/c12-10-4-2-1-3-9(10)11(14)13-8-5-6-15-7-8/h1-4,8H,5-7H2,(H,13,14)/t8-/m1/s1. The van der Waals surface area contributed by atoms with E-state index in [-0.39, 0.29) is 5.91 Å². The average Bonchev–Trinajstić information content (AvgIpc) is 2.71. The molecule has 1 aliphatic heterocycles. The van der Waals surface area contributed by atoms with Gasteiger partial charge in [-0.15, -0.1) is 0 Å². The second kappa shape index (κ2) is 4.90. The molecule has 15 heavy (non-hydrogen) atoms. The molecule has 1 fully saturated rings. The number of carbonyl (C=O) groups is 1. The molecule has 1 aromatic rings. The first-order chi connectivity index (χ1) is 7.27. The lowest BCUT2D eigenvalue weighted by molar-refractivity contribution is 0.0941. The van der Waals surface area contributed by atoms with Gasteiger partial charge in [-0.05, 0) is 24.3 Å². The lowest BCUT2D eigenvalue weighted by Crippen LogP contribution is -2.34. The molecule has 80 valence electrons. The number of nitrogens with one attached hydrogen (secondary N) is 1. The van der Waals surface area contributed by atoms with E-state index >= 15 is 0 Å². The lowest BCUT2D eigenvalue weighted by Gasteiger charge is -2.11. The molecular formula is C11H12ClNOS. The van der Waals surface area contributed by atoms with Gasteiger partial charge in [0.2, 0.25) is 0 Å². The van der Waals surface area contributed by atoms with Crippen molar-refractivity contribution in [2.45, 2.75) is 12.5 Å². The van der Waals surface area contributed by atoms with Crippen molar-refractivity contribution in [1.29, 1.82) is 0 Å². The number of benzene rings is 1. The Hall–Kier alpha value is -0.670. The third-order valence-corrected chi connectivity index (χ3v) is 3.88. The fourth-order valence-electron chi connectivity index (χ4n) is 1.56. The van der Waals surface area contributed by atoms with Crippen LogP contribution in [0.1, 0.15) is 16.8 Å². The maximum atomic E-state index is 11.8. The summed E-state index contributed by atoms with van der Waals surface area (Å²) in [4.78, 5) is 11.8. The second-order valence-electron chi connectivity index (χ2n) is 3.51. The van der Waals surface area contributed by atoms with Crippen molar-refractivity contribution in [2.75, 3.05) is 11.5 Å². The monoisotopic (exact) mass is 241 g/mol. The van der Waals surface area contributed by atoms with Crippen molar-refractivity contribution >= 4 is 29.3 Å². The van der Waals surface area contributed by atoms with Crippen LogP contribution < -0.4 is 5.32 Å². The van der Waals surface area contributed by atoms with E-state index in [0.29, 0.717) is 16.6 Å². The topological polar surface area (TPSA) is 29.1 Å². The number of thioether (sulfide) groups is 1. The van der Waals surface area contributed by atoms with Gasteiger partial charge >= 0.3 is 0 Å². The van der Waals surface area contributed by atoms with E-state index in [0.717, 1.165) is 17.9 Å². The first-order valence-electron chi connectivity index (χ1n) is 4.90. The molecule has 1 amide bonds. The van der Waals surface area contributed by atoms with Crippen LogP contribution in [-0.4, -0.2) is 23.5 Å². The zero-order valence-electron chi connectivity index (χ0n) is 8.20. The Morgan fingerprint density at radius 1 is 1.47 bits per heavy atom. The van der Waals surface area contributed by atoms with E-state index in [9.17, 15) is 4.79 Å². The highest BCUT2D eigenvalue weighted by Gasteiger charge is 2.19. The van der Waals surface area contributed by atoms with E-state index in [1.807, 2.05) is 23.9 Å². The molecule has 1 N–H and O–H groups in total. The van der Waals surface area contributed by atoms with Gasteiger partial charge in [0.05, 0.1) is 10.6 Å². The molecule has 0 unspecified atom stereocenters. The SMILES string of the molecule is O=C(N[C@@H]1CCSC1)c1ccccc1Cl. The van der Waals surface area contributed by atoms with E-state index < -0.39 is 0 Å². The Morgan fingerprint density at radius 2 is 2.27 bits per heavy atom. The van der Waals surface area contributed by atoms with Crippen molar-refractivity contribution in [3.05, 3.63) is 34.9 Å². The third kappa shape index (κ3) is 2.67. The van der Waals surface area contributed by atoms with E-state index in [4.69, 9.17) is 11.6 Å². The predicted molar refractivity (Wildman–Crippen MR) is 64.6 cm³/mol. The van der Waals surface area contributed by atoms with Gasteiger partial charge in [0.25, 0.3) is 5.91 Å². The smallest absolute Gasteiger partial charge is 0.253 e. The number of halogens is 1. The molecule has 0 spiro atoms. The molecule has 1 saturated heterocycles. The van der Waals surface area contributed by atoms with E-state index in [1.54, 1.807) is 12.1 Å². The summed E-state index contributed by atoms with van der Waals surface area (Å²) in [6.07, 6.45) is 1.06. The van der Waals surface area contributed by atoms with Gasteiger partial charge in [-0.25, -0.2) is 0 Å². The van der Waals surface area contributed by atoms with Crippen LogP contribution in [0, 0.1) is 0 Å². The highest BCUT2D eigenvalue weighted by molar-refractivity contribution is 7.99. The molecule has 0 aromatic heterocycles. The van der Waals surface area contributed by atoms with Crippen molar-refractivity contribution in [3.63, 3.8) is 0 Å². The Balaban J connectivity index is 2.04. The summed E-state index contributed by atoms with van der Waals surface area (Å²) in [7, 11) is 0. The Bertz CT molecular complexity index is 363. The van der Waals surface area contributed by atoms with Gasteiger partial charge in [-0.2, -0.15) is 11.8 Å².